The number of rotatable bonds is 1. The molecule has 0 fully saturated rings. The Bertz CT molecular complexity index is 1400. The molecule has 0 saturated heterocycles. The Labute approximate surface area is 178 Å². The Kier molecular flexibility index (Phi) is 3.56. The van der Waals surface area contributed by atoms with Gasteiger partial charge in [0.1, 0.15) is 6.61 Å². The summed E-state index contributed by atoms with van der Waals surface area (Å²) in [6.45, 7) is 7.08. The highest BCUT2D eigenvalue weighted by molar-refractivity contribution is 6.00. The number of hydrogen-bond donors (Lipinski definition) is 2. The van der Waals surface area contributed by atoms with E-state index in [1.807, 2.05) is 0 Å². The molecule has 1 unspecified atom stereocenters. The van der Waals surface area contributed by atoms with E-state index in [-0.39, 0.29) is 18.6 Å². The molecule has 3 aliphatic rings. The maximum Gasteiger partial charge on any atom is 0.343 e. The predicted molar refractivity (Wildman–Crippen MR) is 116 cm³/mol. The second-order valence-electron chi connectivity index (χ2n) is 8.78. The summed E-state index contributed by atoms with van der Waals surface area (Å²) in [5.74, 6) is -0.701. The zero-order valence-corrected chi connectivity index (χ0v) is 17.8. The van der Waals surface area contributed by atoms with Crippen molar-refractivity contribution in [1.82, 2.24) is 9.55 Å². The molecule has 3 aliphatic heterocycles. The van der Waals surface area contributed by atoms with Gasteiger partial charge in [-0.05, 0) is 55.5 Å². The first kappa shape index (κ1) is 18.6. The van der Waals surface area contributed by atoms with Crippen LogP contribution in [0.5, 0.6) is 0 Å². The molecule has 5 heterocycles. The number of carbonyl (C=O) groups excluding carboxylic acids is 1. The molecule has 3 aromatic rings. The van der Waals surface area contributed by atoms with Crippen LogP contribution in [0, 0.1) is 13.8 Å². The van der Waals surface area contributed by atoms with E-state index in [4.69, 9.17) is 9.72 Å². The fraction of sp³-hybridized carbons (Fsp3) is 0.375. The van der Waals surface area contributed by atoms with Crippen molar-refractivity contribution in [2.24, 2.45) is 0 Å². The van der Waals surface area contributed by atoms with E-state index < -0.39 is 11.6 Å². The number of nitrogens with one attached hydrogen (secondary N) is 1. The van der Waals surface area contributed by atoms with Gasteiger partial charge in [-0.2, -0.15) is 0 Å². The molecule has 0 bridgehead atoms. The van der Waals surface area contributed by atoms with Gasteiger partial charge < -0.3 is 19.7 Å². The maximum atomic E-state index is 13.4. The largest absolute Gasteiger partial charge is 0.458 e. The number of aliphatic hydroxyl groups is 1. The zero-order chi connectivity index (χ0) is 21.7. The standard InChI is InChI=1S/C24H23N3O4/c1-4-24(30)16-8-18-21-14(9-27(18)22(28)15(16)10-31-23(24)29)13-5-6-25-20-12(3)11(2)7-17(26-21)19(13)20/h7-8,25,30H,4-6,9-10H2,1-3H3. The van der Waals surface area contributed by atoms with Crippen LogP contribution in [0.2, 0.25) is 0 Å². The highest BCUT2D eigenvalue weighted by Gasteiger charge is 2.45. The minimum absolute atomic E-state index is 0.110. The summed E-state index contributed by atoms with van der Waals surface area (Å²) in [5.41, 5.74) is 6.84. The van der Waals surface area contributed by atoms with Crippen LogP contribution in [0.3, 0.4) is 0 Å². The molecule has 1 atom stereocenters. The lowest BCUT2D eigenvalue weighted by atomic mass is 9.86. The number of aromatic nitrogens is 2. The summed E-state index contributed by atoms with van der Waals surface area (Å²) in [4.78, 5) is 30.7. The molecule has 7 nitrogen and oxygen atoms in total. The molecule has 7 heteroatoms. The number of aryl methyl sites for hydroxylation is 1. The zero-order valence-electron chi connectivity index (χ0n) is 17.8. The summed E-state index contributed by atoms with van der Waals surface area (Å²) in [6.07, 6.45) is 0.998. The Balaban J connectivity index is 1.68. The summed E-state index contributed by atoms with van der Waals surface area (Å²) in [5, 5.41) is 15.7. The Morgan fingerprint density at radius 1 is 1.23 bits per heavy atom. The normalized spacial score (nSPS) is 20.7. The summed E-state index contributed by atoms with van der Waals surface area (Å²) < 4.78 is 6.87. The van der Waals surface area contributed by atoms with Crippen molar-refractivity contribution >= 4 is 22.6 Å². The van der Waals surface area contributed by atoms with Crippen LogP contribution in [0.4, 0.5) is 5.69 Å². The number of cyclic esters (lactones) is 1. The minimum atomic E-state index is -1.80. The molecule has 2 aromatic heterocycles. The van der Waals surface area contributed by atoms with Gasteiger partial charge in [0.25, 0.3) is 5.56 Å². The average molecular weight is 417 g/mol. The predicted octanol–water partition coefficient (Wildman–Crippen LogP) is 2.66. The third-order valence-corrected chi connectivity index (χ3v) is 7.29. The number of pyridine rings is 2. The molecule has 0 aliphatic carbocycles. The highest BCUT2D eigenvalue weighted by Crippen LogP contribution is 2.43. The minimum Gasteiger partial charge on any atom is -0.458 e. The average Bonchev–Trinajstić information content (AvgIpc) is 3.14. The van der Waals surface area contributed by atoms with E-state index >= 15 is 0 Å². The SMILES string of the molecule is CCC1(O)C(=O)OCc2c1cc1n(c2=O)Cc2c-1nc1cc(C)c(C)c3c1c2CCN3. The van der Waals surface area contributed by atoms with Crippen LogP contribution in [0.15, 0.2) is 16.9 Å². The number of fused-ring (bicyclic) bond motifs is 5. The van der Waals surface area contributed by atoms with Gasteiger partial charge in [0.15, 0.2) is 5.60 Å². The number of ether oxygens (including phenoxy) is 1. The van der Waals surface area contributed by atoms with Gasteiger partial charge in [-0.15, -0.1) is 0 Å². The second kappa shape index (κ2) is 5.95. The maximum absolute atomic E-state index is 13.4. The van der Waals surface area contributed by atoms with Crippen molar-refractivity contribution in [3.05, 3.63) is 55.9 Å². The monoisotopic (exact) mass is 417 g/mol. The van der Waals surface area contributed by atoms with Crippen LogP contribution in [-0.2, 0) is 34.7 Å². The molecule has 31 heavy (non-hydrogen) atoms. The molecule has 0 radical (unpaired) electrons. The van der Waals surface area contributed by atoms with Crippen LogP contribution < -0.4 is 10.9 Å². The lowest BCUT2D eigenvalue weighted by Gasteiger charge is -2.31. The van der Waals surface area contributed by atoms with Gasteiger partial charge in [-0.3, -0.25) is 4.79 Å². The number of anilines is 1. The third-order valence-electron chi connectivity index (χ3n) is 7.29. The van der Waals surface area contributed by atoms with Gasteiger partial charge in [0.05, 0.1) is 29.0 Å². The third kappa shape index (κ3) is 2.19. The number of benzene rings is 1. The smallest absolute Gasteiger partial charge is 0.343 e. The van der Waals surface area contributed by atoms with Crippen molar-refractivity contribution in [1.29, 1.82) is 0 Å². The van der Waals surface area contributed by atoms with Gasteiger partial charge >= 0.3 is 5.97 Å². The van der Waals surface area contributed by atoms with Crippen LogP contribution >= 0.6 is 0 Å². The van der Waals surface area contributed by atoms with Gasteiger partial charge in [-0.1, -0.05) is 6.92 Å². The first-order valence-corrected chi connectivity index (χ1v) is 10.7. The van der Waals surface area contributed by atoms with E-state index in [0.29, 0.717) is 23.4 Å². The Morgan fingerprint density at radius 2 is 2.03 bits per heavy atom. The van der Waals surface area contributed by atoms with Gasteiger partial charge in [0, 0.05) is 28.7 Å². The molecule has 6 rings (SSSR count). The summed E-state index contributed by atoms with van der Waals surface area (Å²) in [7, 11) is 0. The molecular formula is C24H23N3O4. The first-order chi connectivity index (χ1) is 14.8. The molecule has 1 aromatic carbocycles. The summed E-state index contributed by atoms with van der Waals surface area (Å²) in [6, 6.07) is 3.88. The highest BCUT2D eigenvalue weighted by atomic mass is 16.6. The first-order valence-electron chi connectivity index (χ1n) is 10.7. The van der Waals surface area contributed by atoms with Crippen molar-refractivity contribution < 1.29 is 14.6 Å². The lowest BCUT2D eigenvalue weighted by Crippen LogP contribution is -2.44. The number of hydrogen-bond acceptors (Lipinski definition) is 6. The Hall–Kier alpha value is -3.19. The van der Waals surface area contributed by atoms with Gasteiger partial charge in [0.2, 0.25) is 0 Å². The van der Waals surface area contributed by atoms with E-state index in [2.05, 4.69) is 25.2 Å². The van der Waals surface area contributed by atoms with Gasteiger partial charge in [-0.25, -0.2) is 9.78 Å². The molecule has 0 saturated carbocycles. The molecule has 0 amide bonds. The van der Waals surface area contributed by atoms with Crippen LogP contribution in [-0.4, -0.2) is 27.2 Å². The number of nitrogens with zero attached hydrogens (tertiary/aromatic N) is 2. The number of esters is 1. The topological polar surface area (TPSA) is 93.5 Å². The Morgan fingerprint density at radius 3 is 2.81 bits per heavy atom. The summed E-state index contributed by atoms with van der Waals surface area (Å²) >= 11 is 0. The second-order valence-corrected chi connectivity index (χ2v) is 8.78. The van der Waals surface area contributed by atoms with Crippen molar-refractivity contribution in [2.45, 2.75) is 52.4 Å². The van der Waals surface area contributed by atoms with E-state index in [1.54, 1.807) is 17.6 Å². The van der Waals surface area contributed by atoms with E-state index in [9.17, 15) is 14.7 Å². The van der Waals surface area contributed by atoms with Crippen LogP contribution in [0.25, 0.3) is 22.3 Å². The molecule has 158 valence electrons. The molecular weight excluding hydrogens is 394 g/mol. The lowest BCUT2D eigenvalue weighted by molar-refractivity contribution is -0.172. The number of carbonyl (C=O) groups is 1. The molecule has 2 N–H and O–H groups in total. The van der Waals surface area contributed by atoms with E-state index in [1.165, 1.54) is 16.7 Å². The van der Waals surface area contributed by atoms with Crippen molar-refractivity contribution in [3.8, 4) is 11.4 Å². The van der Waals surface area contributed by atoms with E-state index in [0.717, 1.165) is 40.8 Å². The molecule has 0 spiro atoms. The van der Waals surface area contributed by atoms with Crippen molar-refractivity contribution in [3.63, 3.8) is 0 Å². The van der Waals surface area contributed by atoms with Crippen molar-refractivity contribution in [2.75, 3.05) is 11.9 Å². The fourth-order valence-electron chi connectivity index (χ4n) is 5.38. The van der Waals surface area contributed by atoms with Crippen LogP contribution in [0.1, 0.15) is 46.7 Å². The quantitative estimate of drug-likeness (QED) is 0.463. The fourth-order valence-corrected chi connectivity index (χ4v) is 5.38.